The van der Waals surface area contributed by atoms with Crippen LogP contribution in [0.2, 0.25) is 0 Å². The smallest absolute Gasteiger partial charge is 0.274 e. The molecule has 2 N–H and O–H groups in total. The van der Waals surface area contributed by atoms with Gasteiger partial charge in [0.15, 0.2) is 0 Å². The number of nitrogens with one attached hydrogen (secondary N) is 2. The van der Waals surface area contributed by atoms with Gasteiger partial charge < -0.3 is 15.4 Å². The molecule has 0 aliphatic heterocycles. The molecule has 2 amide bonds. The minimum Gasteiger partial charge on any atom is -0.494 e. The number of anilines is 2. The maximum absolute atomic E-state index is 12.6. The molecule has 0 unspecified atom stereocenters. The van der Waals surface area contributed by atoms with Crippen LogP contribution in [-0.2, 0) is 0 Å². The molecule has 0 radical (unpaired) electrons. The van der Waals surface area contributed by atoms with Crippen LogP contribution in [0.5, 0.6) is 5.75 Å². The van der Waals surface area contributed by atoms with Crippen LogP contribution in [0.15, 0.2) is 79.6 Å². The molecule has 3 heterocycles. The molecule has 32 heavy (non-hydrogen) atoms. The van der Waals surface area contributed by atoms with Crippen LogP contribution < -0.4 is 15.4 Å². The van der Waals surface area contributed by atoms with E-state index in [4.69, 9.17) is 4.74 Å². The molecule has 158 valence electrons. The van der Waals surface area contributed by atoms with Crippen LogP contribution in [0, 0.1) is 0 Å². The average molecular weight is 426 g/mol. The normalized spacial score (nSPS) is 10.3. The Kier molecular flexibility index (Phi) is 6.08. The Labute approximate surface area is 183 Å². The van der Waals surface area contributed by atoms with Crippen LogP contribution >= 0.6 is 0 Å². The molecule has 0 aliphatic rings. The minimum absolute atomic E-state index is 0.241. The number of pyridine rings is 2. The number of nitrogens with zero attached hydrogens (tertiary/aromatic N) is 4. The fraction of sp³-hybridized carbons (Fsp3) is 0.0435. The van der Waals surface area contributed by atoms with Crippen LogP contribution in [0.4, 0.5) is 11.4 Å². The van der Waals surface area contributed by atoms with Crippen molar-refractivity contribution >= 4 is 23.2 Å². The lowest BCUT2D eigenvalue weighted by molar-refractivity contribution is 0.101. The number of rotatable bonds is 6. The first kappa shape index (κ1) is 20.6. The maximum Gasteiger partial charge on any atom is 0.274 e. The number of aromatic nitrogens is 4. The fourth-order valence-corrected chi connectivity index (χ4v) is 2.89. The lowest BCUT2D eigenvalue weighted by Crippen LogP contribution is -2.15. The first-order chi connectivity index (χ1) is 15.6. The fourth-order valence-electron chi connectivity index (χ4n) is 2.89. The number of benzene rings is 1. The van der Waals surface area contributed by atoms with E-state index in [1.165, 1.54) is 13.3 Å². The van der Waals surface area contributed by atoms with Crippen molar-refractivity contribution in [2.75, 3.05) is 17.7 Å². The third-order valence-electron chi connectivity index (χ3n) is 4.49. The molecule has 9 nitrogen and oxygen atoms in total. The first-order valence-electron chi connectivity index (χ1n) is 9.57. The molecule has 4 rings (SSSR count). The zero-order valence-corrected chi connectivity index (χ0v) is 17.0. The van der Waals surface area contributed by atoms with Gasteiger partial charge in [-0.2, -0.15) is 0 Å². The molecule has 0 saturated carbocycles. The molecular formula is C23H18N6O3. The second-order valence-corrected chi connectivity index (χ2v) is 6.59. The zero-order chi connectivity index (χ0) is 22.3. The van der Waals surface area contributed by atoms with Gasteiger partial charge in [-0.1, -0.05) is 0 Å². The third-order valence-corrected chi connectivity index (χ3v) is 4.49. The number of methoxy groups -OCH3 is 1. The quantitative estimate of drug-likeness (QED) is 0.485. The highest BCUT2D eigenvalue weighted by molar-refractivity contribution is 6.06. The summed E-state index contributed by atoms with van der Waals surface area (Å²) < 4.78 is 5.36. The predicted octanol–water partition coefficient (Wildman–Crippen LogP) is 3.45. The number of hydrogen-bond donors (Lipinski definition) is 2. The van der Waals surface area contributed by atoms with Crippen molar-refractivity contribution in [3.63, 3.8) is 0 Å². The monoisotopic (exact) mass is 426 g/mol. The van der Waals surface area contributed by atoms with E-state index < -0.39 is 0 Å². The van der Waals surface area contributed by atoms with Gasteiger partial charge in [-0.3, -0.25) is 29.5 Å². The van der Waals surface area contributed by atoms with Crippen LogP contribution in [0.3, 0.4) is 0 Å². The number of amides is 2. The van der Waals surface area contributed by atoms with Crippen molar-refractivity contribution in [1.29, 1.82) is 0 Å². The second kappa shape index (κ2) is 9.43. The van der Waals surface area contributed by atoms with Crippen molar-refractivity contribution in [3.05, 3.63) is 90.9 Å². The van der Waals surface area contributed by atoms with Crippen molar-refractivity contribution in [2.24, 2.45) is 0 Å². The summed E-state index contributed by atoms with van der Waals surface area (Å²) in [7, 11) is 1.48. The Morgan fingerprint density at radius 1 is 0.844 bits per heavy atom. The van der Waals surface area contributed by atoms with Crippen LogP contribution in [-0.4, -0.2) is 38.9 Å². The van der Waals surface area contributed by atoms with Crippen molar-refractivity contribution in [3.8, 4) is 17.0 Å². The third kappa shape index (κ3) is 4.73. The van der Waals surface area contributed by atoms with Gasteiger partial charge in [-0.25, -0.2) is 0 Å². The van der Waals surface area contributed by atoms with Gasteiger partial charge in [-0.05, 0) is 36.4 Å². The second-order valence-electron chi connectivity index (χ2n) is 6.59. The van der Waals surface area contributed by atoms with Crippen LogP contribution in [0.25, 0.3) is 11.3 Å². The van der Waals surface area contributed by atoms with Gasteiger partial charge in [0.2, 0.25) is 0 Å². The number of carbonyl (C=O) groups excluding carboxylic acids is 2. The van der Waals surface area contributed by atoms with Crippen molar-refractivity contribution in [1.82, 2.24) is 19.9 Å². The summed E-state index contributed by atoms with van der Waals surface area (Å²) in [6, 6.07) is 11.6. The molecule has 4 aromatic rings. The van der Waals surface area contributed by atoms with E-state index in [1.807, 2.05) is 0 Å². The molecule has 0 spiro atoms. The van der Waals surface area contributed by atoms with E-state index in [0.29, 0.717) is 28.4 Å². The Balaban J connectivity index is 1.46. The van der Waals surface area contributed by atoms with Gasteiger partial charge in [-0.15, -0.1) is 0 Å². The molecule has 0 aliphatic carbocycles. The average Bonchev–Trinajstić information content (AvgIpc) is 2.86. The highest BCUT2D eigenvalue weighted by Crippen LogP contribution is 2.28. The lowest BCUT2D eigenvalue weighted by Gasteiger charge is -2.12. The van der Waals surface area contributed by atoms with Gasteiger partial charge in [0.1, 0.15) is 11.4 Å². The largest absolute Gasteiger partial charge is 0.494 e. The minimum atomic E-state index is -0.384. The Morgan fingerprint density at radius 2 is 1.72 bits per heavy atom. The molecule has 0 saturated heterocycles. The van der Waals surface area contributed by atoms with Crippen LogP contribution in [0.1, 0.15) is 20.8 Å². The van der Waals surface area contributed by atoms with E-state index in [9.17, 15) is 9.59 Å². The summed E-state index contributed by atoms with van der Waals surface area (Å²) in [5.41, 5.74) is 3.04. The molecular weight excluding hydrogens is 408 g/mol. The van der Waals surface area contributed by atoms with E-state index >= 15 is 0 Å². The molecule has 0 bridgehead atoms. The van der Waals surface area contributed by atoms with E-state index in [2.05, 4.69) is 30.6 Å². The predicted molar refractivity (Wildman–Crippen MR) is 118 cm³/mol. The Morgan fingerprint density at radius 3 is 2.41 bits per heavy atom. The number of carbonyl (C=O) groups is 2. The van der Waals surface area contributed by atoms with Crippen molar-refractivity contribution in [2.45, 2.75) is 0 Å². The van der Waals surface area contributed by atoms with E-state index in [0.717, 1.165) is 5.56 Å². The van der Waals surface area contributed by atoms with Gasteiger partial charge in [0, 0.05) is 48.3 Å². The van der Waals surface area contributed by atoms with Gasteiger partial charge >= 0.3 is 0 Å². The summed E-state index contributed by atoms with van der Waals surface area (Å²) in [5, 5.41) is 5.54. The molecule has 0 fully saturated rings. The molecule has 1 aromatic carbocycles. The number of ether oxygens (including phenoxy) is 1. The summed E-state index contributed by atoms with van der Waals surface area (Å²) in [5.74, 6) is -0.309. The molecule has 9 heteroatoms. The Hall–Kier alpha value is -4.66. The van der Waals surface area contributed by atoms with E-state index in [-0.39, 0.29) is 17.5 Å². The lowest BCUT2D eigenvalue weighted by atomic mass is 10.2. The topological polar surface area (TPSA) is 119 Å². The SMILES string of the molecule is COc1cc(NC(=O)c2ccc(-c3cnccn3)cn2)ccc1NC(=O)c1cccnc1. The first-order valence-corrected chi connectivity index (χ1v) is 9.57. The van der Waals surface area contributed by atoms with E-state index in [1.54, 1.807) is 73.4 Å². The van der Waals surface area contributed by atoms with Crippen molar-refractivity contribution < 1.29 is 14.3 Å². The van der Waals surface area contributed by atoms with Gasteiger partial charge in [0.25, 0.3) is 11.8 Å². The summed E-state index contributed by atoms with van der Waals surface area (Å²) >= 11 is 0. The van der Waals surface area contributed by atoms with Gasteiger partial charge in [0.05, 0.1) is 30.3 Å². The standard InChI is InChI=1S/C23H18N6O3/c1-32-21-11-17(5-7-18(21)29-22(30)16-3-2-8-24-12-16)28-23(31)19-6-4-15(13-27-19)20-14-25-9-10-26-20/h2-14H,1H3,(H,28,31)(H,29,30). The molecule has 3 aromatic heterocycles. The summed E-state index contributed by atoms with van der Waals surface area (Å²) in [4.78, 5) is 41.3. The Bertz CT molecular complexity index is 1230. The molecule has 0 atom stereocenters. The number of hydrogen-bond acceptors (Lipinski definition) is 7. The highest BCUT2D eigenvalue weighted by atomic mass is 16.5. The maximum atomic E-state index is 12.6. The zero-order valence-electron chi connectivity index (χ0n) is 17.0. The summed E-state index contributed by atoms with van der Waals surface area (Å²) in [6.45, 7) is 0. The summed E-state index contributed by atoms with van der Waals surface area (Å²) in [6.07, 6.45) is 9.43. The highest BCUT2D eigenvalue weighted by Gasteiger charge is 2.13.